The van der Waals surface area contributed by atoms with E-state index in [2.05, 4.69) is 6.92 Å². The van der Waals surface area contributed by atoms with E-state index in [9.17, 15) is 19.5 Å². The predicted molar refractivity (Wildman–Crippen MR) is 106 cm³/mol. The van der Waals surface area contributed by atoms with Crippen LogP contribution in [-0.2, 0) is 25.7 Å². The monoisotopic (exact) mass is 390 g/mol. The van der Waals surface area contributed by atoms with E-state index in [1.54, 1.807) is 0 Å². The van der Waals surface area contributed by atoms with Crippen molar-refractivity contribution in [1.82, 2.24) is 0 Å². The fourth-order valence-corrected chi connectivity index (χ4v) is 3.06. The first-order valence-corrected chi connectivity index (χ1v) is 9.72. The van der Waals surface area contributed by atoms with Crippen LogP contribution in [0.1, 0.15) is 64.4 Å². The molecule has 1 unspecified atom stereocenters. The first-order chi connectivity index (χ1) is 13.4. The van der Waals surface area contributed by atoms with Gasteiger partial charge in [-0.3, -0.25) is 9.59 Å². The molecule has 1 atom stereocenters. The summed E-state index contributed by atoms with van der Waals surface area (Å²) < 4.78 is 5.28. The van der Waals surface area contributed by atoms with Gasteiger partial charge in [0.2, 0.25) is 0 Å². The Bertz CT molecular complexity index is 678. The van der Waals surface area contributed by atoms with Crippen LogP contribution in [0.5, 0.6) is 0 Å². The molecular weight excluding hydrogens is 360 g/mol. The largest absolute Gasteiger partial charge is 0.481 e. The van der Waals surface area contributed by atoms with Crippen LogP contribution in [0.25, 0.3) is 0 Å². The summed E-state index contributed by atoms with van der Waals surface area (Å²) in [5.74, 6) is -2.86. The molecule has 6 heteroatoms. The van der Waals surface area contributed by atoms with Gasteiger partial charge in [0.25, 0.3) is 0 Å². The van der Waals surface area contributed by atoms with Gasteiger partial charge in [-0.2, -0.15) is 0 Å². The quantitative estimate of drug-likeness (QED) is 0.378. The lowest BCUT2D eigenvalue weighted by Gasteiger charge is -2.19. The smallest absolute Gasteiger partial charge is 0.332 e. The van der Waals surface area contributed by atoms with Gasteiger partial charge in [0.15, 0.2) is 0 Å². The molecule has 0 aromatic heterocycles. The van der Waals surface area contributed by atoms with Gasteiger partial charge in [-0.25, -0.2) is 4.79 Å². The normalized spacial score (nSPS) is 12.8. The Hall–Kier alpha value is -2.63. The van der Waals surface area contributed by atoms with Crippen molar-refractivity contribution in [1.29, 1.82) is 0 Å². The molecule has 0 saturated carbocycles. The number of carbonyl (C=O) groups is 3. The predicted octanol–water partition coefficient (Wildman–Crippen LogP) is 4.58. The molecule has 0 fully saturated rings. The molecule has 28 heavy (non-hydrogen) atoms. The third-order valence-corrected chi connectivity index (χ3v) is 4.69. The Morgan fingerprint density at radius 3 is 2.25 bits per heavy atom. The molecule has 0 radical (unpaired) electrons. The minimum absolute atomic E-state index is 0.0985. The fraction of sp³-hybridized carbons (Fsp3) is 0.500. The lowest BCUT2D eigenvalue weighted by Crippen LogP contribution is -2.15. The number of hydrogen-bond acceptors (Lipinski definition) is 4. The molecule has 0 aliphatic rings. The summed E-state index contributed by atoms with van der Waals surface area (Å²) in [6.45, 7) is 4.20. The number of esters is 1. The molecule has 0 aliphatic heterocycles. The number of rotatable bonds is 13. The van der Waals surface area contributed by atoms with Crippen LogP contribution in [0.2, 0.25) is 0 Å². The van der Waals surface area contributed by atoms with Gasteiger partial charge in [0, 0.05) is 5.57 Å². The number of carboxylic acids is 2. The molecule has 0 heterocycles. The highest BCUT2D eigenvalue weighted by molar-refractivity contribution is 5.93. The molecule has 1 aromatic rings. The van der Waals surface area contributed by atoms with Crippen LogP contribution in [0.3, 0.4) is 0 Å². The minimum Gasteiger partial charge on any atom is -0.481 e. The van der Waals surface area contributed by atoms with E-state index >= 15 is 0 Å². The van der Waals surface area contributed by atoms with Gasteiger partial charge in [0.05, 0.1) is 12.8 Å². The number of aliphatic carboxylic acids is 2. The standard InChI is InChI=1S/C22H30O6/c1-3-5-9-16(4-2)12-18(19(22(26)27)14-20(23)24)13-21(25)28-15-17-10-7-6-8-11-17/h6-8,10-11,16H,3-5,9,12-15H2,1-2H3,(H,23,24)(H,26,27). The molecule has 1 rings (SSSR count). The first-order valence-electron chi connectivity index (χ1n) is 9.72. The molecule has 0 saturated heterocycles. The van der Waals surface area contributed by atoms with E-state index in [0.29, 0.717) is 12.0 Å². The fourth-order valence-electron chi connectivity index (χ4n) is 3.06. The van der Waals surface area contributed by atoms with E-state index in [1.807, 2.05) is 37.3 Å². The molecule has 0 bridgehead atoms. The average molecular weight is 390 g/mol. The van der Waals surface area contributed by atoms with E-state index in [0.717, 1.165) is 31.2 Å². The van der Waals surface area contributed by atoms with Crippen LogP contribution in [0, 0.1) is 5.92 Å². The Kier molecular flexibility index (Phi) is 10.6. The summed E-state index contributed by atoms with van der Waals surface area (Å²) in [5, 5.41) is 18.6. The van der Waals surface area contributed by atoms with Crippen LogP contribution in [0.15, 0.2) is 41.5 Å². The van der Waals surface area contributed by atoms with Crippen molar-refractivity contribution >= 4 is 17.9 Å². The van der Waals surface area contributed by atoms with E-state index < -0.39 is 24.3 Å². The van der Waals surface area contributed by atoms with E-state index in [4.69, 9.17) is 9.84 Å². The third-order valence-electron chi connectivity index (χ3n) is 4.69. The highest BCUT2D eigenvalue weighted by atomic mass is 16.5. The summed E-state index contributed by atoms with van der Waals surface area (Å²) in [4.78, 5) is 35.1. The third kappa shape index (κ3) is 8.84. The molecule has 0 amide bonds. The number of carboxylic acid groups (broad SMARTS) is 2. The molecule has 1 aromatic carbocycles. The Balaban J connectivity index is 2.95. The maximum atomic E-state index is 12.3. The Morgan fingerprint density at radius 1 is 1.04 bits per heavy atom. The van der Waals surface area contributed by atoms with Gasteiger partial charge < -0.3 is 14.9 Å². The van der Waals surface area contributed by atoms with Crippen molar-refractivity contribution in [3.05, 3.63) is 47.0 Å². The molecule has 0 aliphatic carbocycles. The first kappa shape index (κ1) is 23.4. The SMILES string of the molecule is CCCCC(CC)CC(CC(=O)OCc1ccccc1)=C(CC(=O)O)C(=O)O. The lowest BCUT2D eigenvalue weighted by atomic mass is 9.87. The van der Waals surface area contributed by atoms with Gasteiger partial charge in [-0.1, -0.05) is 69.9 Å². The van der Waals surface area contributed by atoms with Crippen molar-refractivity contribution in [2.45, 2.75) is 65.4 Å². The van der Waals surface area contributed by atoms with Crippen molar-refractivity contribution in [3.63, 3.8) is 0 Å². The topological polar surface area (TPSA) is 101 Å². The molecular formula is C22H30O6. The van der Waals surface area contributed by atoms with Crippen molar-refractivity contribution in [3.8, 4) is 0 Å². The van der Waals surface area contributed by atoms with E-state index in [-0.39, 0.29) is 24.5 Å². The molecule has 0 spiro atoms. The number of carbonyl (C=O) groups excluding carboxylic acids is 1. The lowest BCUT2D eigenvalue weighted by molar-refractivity contribution is -0.144. The van der Waals surface area contributed by atoms with Crippen LogP contribution < -0.4 is 0 Å². The molecule has 2 N–H and O–H groups in total. The van der Waals surface area contributed by atoms with Gasteiger partial charge >= 0.3 is 17.9 Å². The van der Waals surface area contributed by atoms with Crippen molar-refractivity contribution in [2.75, 3.05) is 0 Å². The zero-order chi connectivity index (χ0) is 20.9. The van der Waals surface area contributed by atoms with Gasteiger partial charge in [-0.05, 0) is 23.5 Å². The minimum atomic E-state index is -1.29. The second-order valence-electron chi connectivity index (χ2n) is 6.90. The second kappa shape index (κ2) is 12.7. The van der Waals surface area contributed by atoms with Gasteiger partial charge in [0.1, 0.15) is 6.61 Å². The van der Waals surface area contributed by atoms with Gasteiger partial charge in [-0.15, -0.1) is 0 Å². The highest BCUT2D eigenvalue weighted by Gasteiger charge is 2.22. The summed E-state index contributed by atoms with van der Waals surface area (Å²) in [5.41, 5.74) is 0.981. The highest BCUT2D eigenvalue weighted by Crippen LogP contribution is 2.27. The molecule has 6 nitrogen and oxygen atoms in total. The molecule has 154 valence electrons. The summed E-state index contributed by atoms with van der Waals surface area (Å²) in [6, 6.07) is 9.19. The Morgan fingerprint density at radius 2 is 1.71 bits per heavy atom. The van der Waals surface area contributed by atoms with Crippen LogP contribution in [-0.4, -0.2) is 28.1 Å². The summed E-state index contributed by atoms with van der Waals surface area (Å²) in [6.07, 6.45) is 3.36. The number of unbranched alkanes of at least 4 members (excludes halogenated alkanes) is 1. The summed E-state index contributed by atoms with van der Waals surface area (Å²) >= 11 is 0. The number of ether oxygens (including phenoxy) is 1. The number of benzene rings is 1. The van der Waals surface area contributed by atoms with E-state index in [1.165, 1.54) is 0 Å². The zero-order valence-corrected chi connectivity index (χ0v) is 16.6. The van der Waals surface area contributed by atoms with Crippen molar-refractivity contribution < 1.29 is 29.3 Å². The second-order valence-corrected chi connectivity index (χ2v) is 6.90. The Labute approximate surface area is 166 Å². The average Bonchev–Trinajstić information content (AvgIpc) is 2.67. The number of hydrogen-bond donors (Lipinski definition) is 2. The van der Waals surface area contributed by atoms with Crippen LogP contribution in [0.4, 0.5) is 0 Å². The zero-order valence-electron chi connectivity index (χ0n) is 16.6. The maximum Gasteiger partial charge on any atom is 0.332 e. The summed E-state index contributed by atoms with van der Waals surface area (Å²) in [7, 11) is 0. The van der Waals surface area contributed by atoms with Crippen LogP contribution >= 0.6 is 0 Å². The van der Waals surface area contributed by atoms with Crippen molar-refractivity contribution in [2.24, 2.45) is 5.92 Å². The maximum absolute atomic E-state index is 12.3.